The van der Waals surface area contributed by atoms with Gasteiger partial charge in [-0.25, -0.2) is 8.78 Å². The van der Waals surface area contributed by atoms with E-state index in [9.17, 15) is 14.0 Å². The highest BCUT2D eigenvalue weighted by Crippen LogP contribution is 2.33. The first kappa shape index (κ1) is 31.5. The fourth-order valence-electron chi connectivity index (χ4n) is 6.37. The van der Waals surface area contributed by atoms with Gasteiger partial charge in [0, 0.05) is 54.5 Å². The summed E-state index contributed by atoms with van der Waals surface area (Å²) in [6.45, 7) is 4.30. The maximum absolute atomic E-state index is 15.4. The molecule has 0 atom stereocenters. The molecule has 0 unspecified atom stereocenters. The van der Waals surface area contributed by atoms with Crippen molar-refractivity contribution in [3.8, 4) is 28.7 Å². The van der Waals surface area contributed by atoms with Crippen LogP contribution >= 0.6 is 0 Å². The molecule has 0 spiro atoms. The molecule has 246 valence electrons. The summed E-state index contributed by atoms with van der Waals surface area (Å²) >= 11 is 0. The first-order valence-electron chi connectivity index (χ1n) is 16.3. The fourth-order valence-corrected chi connectivity index (χ4v) is 6.37. The summed E-state index contributed by atoms with van der Waals surface area (Å²) in [5, 5.41) is 0.701. The molecule has 2 aromatic heterocycles. The smallest absolute Gasteiger partial charge is 0.269 e. The Balaban J connectivity index is 1.04. The third kappa shape index (κ3) is 6.80. The molecule has 0 saturated carbocycles. The van der Waals surface area contributed by atoms with Crippen LogP contribution < -0.4 is 19.8 Å². The van der Waals surface area contributed by atoms with Gasteiger partial charge >= 0.3 is 0 Å². The summed E-state index contributed by atoms with van der Waals surface area (Å²) in [6.07, 6.45) is 8.32. The zero-order chi connectivity index (χ0) is 33.0. The second-order valence-electron chi connectivity index (χ2n) is 12.2. The lowest BCUT2D eigenvalue weighted by molar-refractivity contribution is 0.0988. The van der Waals surface area contributed by atoms with E-state index >= 15 is 4.39 Å². The van der Waals surface area contributed by atoms with Gasteiger partial charge in [0.25, 0.3) is 5.56 Å². The average molecular weight is 652 g/mol. The maximum atomic E-state index is 15.4. The van der Waals surface area contributed by atoms with Gasteiger partial charge in [-0.05, 0) is 92.5 Å². The number of aromatic nitrogens is 2. The molecule has 0 amide bonds. The topological polar surface area (TPSA) is 82.9 Å². The lowest BCUT2D eigenvalue weighted by atomic mass is 10.0. The molecular formula is C38H35F2N3O5. The highest BCUT2D eigenvalue weighted by molar-refractivity contribution is 6.00. The first-order valence-corrected chi connectivity index (χ1v) is 16.3. The molecule has 10 heteroatoms. The predicted octanol–water partition coefficient (Wildman–Crippen LogP) is 7.07. The largest absolute Gasteiger partial charge is 0.493 e. The summed E-state index contributed by atoms with van der Waals surface area (Å²) in [5.41, 5.74) is 1.47. The Kier molecular flexibility index (Phi) is 9.16. The number of rotatable bonds is 11. The molecule has 3 aromatic carbocycles. The predicted molar refractivity (Wildman–Crippen MR) is 178 cm³/mol. The van der Waals surface area contributed by atoms with E-state index in [1.165, 1.54) is 60.2 Å². The Morgan fingerprint density at radius 3 is 2.58 bits per heavy atom. The third-order valence-electron chi connectivity index (χ3n) is 8.83. The van der Waals surface area contributed by atoms with Crippen LogP contribution in [0.4, 0.5) is 8.78 Å². The second-order valence-corrected chi connectivity index (χ2v) is 12.2. The monoisotopic (exact) mass is 651 g/mol. The van der Waals surface area contributed by atoms with Gasteiger partial charge < -0.3 is 19.1 Å². The van der Waals surface area contributed by atoms with E-state index in [4.69, 9.17) is 14.2 Å². The number of carbonyl (C=O) groups is 1. The molecule has 4 heterocycles. The van der Waals surface area contributed by atoms with E-state index < -0.39 is 23.0 Å². The van der Waals surface area contributed by atoms with Crippen molar-refractivity contribution in [2.75, 3.05) is 32.8 Å². The number of benzene rings is 3. The molecule has 2 aliphatic heterocycles. The quantitative estimate of drug-likeness (QED) is 0.112. The van der Waals surface area contributed by atoms with Crippen molar-refractivity contribution < 1.29 is 27.8 Å². The van der Waals surface area contributed by atoms with Gasteiger partial charge in [-0.2, -0.15) is 0 Å². The minimum absolute atomic E-state index is 0.0145. The van der Waals surface area contributed by atoms with Gasteiger partial charge in [0.15, 0.2) is 17.3 Å². The number of nitrogens with zero attached hydrogens (tertiary/aromatic N) is 3. The van der Waals surface area contributed by atoms with Crippen LogP contribution in [0.15, 0.2) is 83.9 Å². The number of ketones is 1. The van der Waals surface area contributed by atoms with Crippen LogP contribution in [0, 0.1) is 11.6 Å². The van der Waals surface area contributed by atoms with E-state index in [0.717, 1.165) is 26.1 Å². The van der Waals surface area contributed by atoms with Crippen molar-refractivity contribution in [2.24, 2.45) is 0 Å². The van der Waals surface area contributed by atoms with E-state index in [0.29, 0.717) is 58.9 Å². The molecule has 7 rings (SSSR count). The van der Waals surface area contributed by atoms with Crippen LogP contribution in [0.5, 0.6) is 23.0 Å². The molecule has 48 heavy (non-hydrogen) atoms. The molecule has 0 N–H and O–H groups in total. The Labute approximate surface area is 276 Å². The van der Waals surface area contributed by atoms with Gasteiger partial charge in [0.2, 0.25) is 0 Å². The molecule has 2 aliphatic rings. The summed E-state index contributed by atoms with van der Waals surface area (Å²) in [4.78, 5) is 33.9. The average Bonchev–Trinajstić information content (AvgIpc) is 3.56. The number of hydrogen-bond acceptors (Lipinski definition) is 7. The highest BCUT2D eigenvalue weighted by Gasteiger charge is 2.27. The Hall–Kier alpha value is -5.09. The number of piperidine rings is 1. The van der Waals surface area contributed by atoms with Crippen molar-refractivity contribution in [3.05, 3.63) is 118 Å². The number of pyridine rings is 2. The first-order chi connectivity index (χ1) is 23.4. The van der Waals surface area contributed by atoms with Crippen LogP contribution in [-0.2, 0) is 12.8 Å². The number of halogens is 2. The van der Waals surface area contributed by atoms with E-state index in [2.05, 4.69) is 9.88 Å². The molecule has 5 aromatic rings. The molecule has 0 radical (unpaired) electrons. The highest BCUT2D eigenvalue weighted by atomic mass is 19.1. The Morgan fingerprint density at radius 2 is 1.77 bits per heavy atom. The Bertz CT molecular complexity index is 2020. The van der Waals surface area contributed by atoms with Gasteiger partial charge in [-0.15, -0.1) is 0 Å². The number of fused-ring (bicyclic) bond motifs is 2. The summed E-state index contributed by atoms with van der Waals surface area (Å²) in [6, 6.07) is 17.0. The van der Waals surface area contributed by atoms with Crippen LogP contribution in [0.2, 0.25) is 0 Å². The fraction of sp³-hybridized carbons (Fsp3) is 0.289. The van der Waals surface area contributed by atoms with Crippen LogP contribution in [0.25, 0.3) is 16.6 Å². The Morgan fingerprint density at radius 1 is 0.938 bits per heavy atom. The molecular weight excluding hydrogens is 616 g/mol. The zero-order valence-electron chi connectivity index (χ0n) is 26.4. The van der Waals surface area contributed by atoms with Crippen LogP contribution in [-0.4, -0.2) is 53.1 Å². The number of likely N-dealkylation sites (tertiary alicyclic amines) is 1. The molecule has 0 bridgehead atoms. The van der Waals surface area contributed by atoms with E-state index in [1.54, 1.807) is 24.5 Å². The van der Waals surface area contributed by atoms with Gasteiger partial charge in [-0.1, -0.05) is 12.5 Å². The molecule has 1 fully saturated rings. The lowest BCUT2D eigenvalue weighted by Gasteiger charge is -2.26. The van der Waals surface area contributed by atoms with Crippen LogP contribution in [0.1, 0.15) is 47.2 Å². The van der Waals surface area contributed by atoms with Gasteiger partial charge in [0.05, 0.1) is 18.7 Å². The third-order valence-corrected chi connectivity index (χ3v) is 8.83. The maximum Gasteiger partial charge on any atom is 0.269 e. The minimum atomic E-state index is -0.655. The molecule has 0 aliphatic carbocycles. The number of Topliss-reactive ketones (excluding diaryl/α,β-unsaturated/α-hetero) is 1. The summed E-state index contributed by atoms with van der Waals surface area (Å²) in [5.74, 6) is -0.224. The van der Waals surface area contributed by atoms with Gasteiger partial charge in [0.1, 0.15) is 28.6 Å². The van der Waals surface area contributed by atoms with Crippen molar-refractivity contribution in [2.45, 2.75) is 38.5 Å². The standard InChI is InChI=1S/C38H35F2N3O5/c39-27-6-8-28(9-7-27)43-24-26-14-20-47-37(26)36(38(43)45)33(44)22-25-5-12-35(31(40)21-25)48-34-13-15-41-32-23-29(10-11-30(32)34)46-19-4-18-42-16-2-1-3-17-42/h5-13,15,21,23-24H,1-4,14,16-20,22H2. The van der Waals surface area contributed by atoms with Crippen molar-refractivity contribution in [3.63, 3.8) is 0 Å². The molecule has 8 nitrogen and oxygen atoms in total. The summed E-state index contributed by atoms with van der Waals surface area (Å²) in [7, 11) is 0. The molecule has 1 saturated heterocycles. The number of hydrogen-bond donors (Lipinski definition) is 0. The summed E-state index contributed by atoms with van der Waals surface area (Å²) < 4.78 is 47.9. The van der Waals surface area contributed by atoms with Crippen molar-refractivity contribution in [1.29, 1.82) is 0 Å². The van der Waals surface area contributed by atoms with Gasteiger partial charge in [-0.3, -0.25) is 19.1 Å². The van der Waals surface area contributed by atoms with Crippen LogP contribution in [0.3, 0.4) is 0 Å². The van der Waals surface area contributed by atoms with E-state index in [-0.39, 0.29) is 23.5 Å². The second kappa shape index (κ2) is 13.9. The van der Waals surface area contributed by atoms with E-state index in [1.807, 2.05) is 18.2 Å². The van der Waals surface area contributed by atoms with Crippen molar-refractivity contribution >= 4 is 16.7 Å². The lowest BCUT2D eigenvalue weighted by Crippen LogP contribution is -2.31. The normalized spacial score (nSPS) is 14.5. The zero-order valence-corrected chi connectivity index (χ0v) is 26.4. The number of ether oxygens (including phenoxy) is 3. The minimum Gasteiger partial charge on any atom is -0.493 e. The SMILES string of the molecule is O=C(Cc1ccc(Oc2ccnc3cc(OCCCN4CCCCC4)ccc23)c(F)c1)c1c2c(cn(-c3ccc(F)cc3)c1=O)CCO2. The van der Waals surface area contributed by atoms with Crippen molar-refractivity contribution in [1.82, 2.24) is 14.5 Å². The number of carbonyl (C=O) groups excluding carboxylic acids is 1.